The number of rotatable bonds is 8. The first-order valence-electron chi connectivity index (χ1n) is 20.3. The molecule has 5 aromatic carbocycles. The molecule has 0 saturated heterocycles. The number of allylic oxidation sites excluding steroid dienone is 2. The van der Waals surface area contributed by atoms with Gasteiger partial charge in [-0.25, -0.2) is 0 Å². The van der Waals surface area contributed by atoms with Crippen molar-refractivity contribution in [3.05, 3.63) is 229 Å². The summed E-state index contributed by atoms with van der Waals surface area (Å²) in [4.78, 5) is 8.62. The summed E-state index contributed by atoms with van der Waals surface area (Å²) in [5, 5.41) is 7.49. The Morgan fingerprint density at radius 3 is 1.59 bits per heavy atom. The van der Waals surface area contributed by atoms with Crippen molar-refractivity contribution in [1.29, 1.82) is 0 Å². The fourth-order valence-electron chi connectivity index (χ4n) is 5.45. The van der Waals surface area contributed by atoms with Crippen LogP contribution >= 0.6 is 0 Å². The van der Waals surface area contributed by atoms with E-state index in [0.29, 0.717) is 22.5 Å². The number of pyridine rings is 2. The van der Waals surface area contributed by atoms with Gasteiger partial charge in [0.05, 0.1) is 0 Å². The van der Waals surface area contributed by atoms with Crippen LogP contribution in [0.15, 0.2) is 188 Å². The maximum absolute atomic E-state index is 7.72. The first-order chi connectivity index (χ1) is 28.6. The van der Waals surface area contributed by atoms with E-state index in [1.165, 1.54) is 18.0 Å². The van der Waals surface area contributed by atoms with Crippen LogP contribution in [0.2, 0.25) is 0 Å². The third-order valence-electron chi connectivity index (χ3n) is 8.15. The van der Waals surface area contributed by atoms with Crippen molar-refractivity contribution in [2.45, 2.75) is 26.3 Å². The van der Waals surface area contributed by atoms with Crippen LogP contribution in [-0.2, 0) is 26.5 Å². The fourth-order valence-corrected chi connectivity index (χ4v) is 5.45. The van der Waals surface area contributed by atoms with E-state index in [1.807, 2.05) is 158 Å². The Morgan fingerprint density at radius 1 is 0.648 bits per heavy atom. The summed E-state index contributed by atoms with van der Waals surface area (Å²) in [6, 6.07) is 54.3. The number of benzene rings is 5. The average molecular weight is 885 g/mol. The van der Waals surface area contributed by atoms with Crippen LogP contribution in [0.4, 0.5) is 0 Å². The largest absolute Gasteiger partial charge is 0.675 e. The maximum Gasteiger partial charge on any atom is 0.0280 e. The Balaban J connectivity index is 0.000000173. The van der Waals surface area contributed by atoms with Gasteiger partial charge in [0.25, 0.3) is 0 Å². The van der Waals surface area contributed by atoms with Gasteiger partial charge in [0, 0.05) is 40.7 Å². The maximum atomic E-state index is 7.72. The van der Waals surface area contributed by atoms with Crippen molar-refractivity contribution in [1.82, 2.24) is 15.3 Å². The van der Waals surface area contributed by atoms with Gasteiger partial charge in [0.2, 0.25) is 0 Å². The van der Waals surface area contributed by atoms with E-state index in [9.17, 15) is 0 Å². The van der Waals surface area contributed by atoms with Crippen molar-refractivity contribution in [2.24, 2.45) is 0 Å². The second kappa shape index (κ2) is 21.1. The van der Waals surface area contributed by atoms with E-state index in [4.69, 9.17) is 8.22 Å². The molecule has 7 aromatic rings. The van der Waals surface area contributed by atoms with Gasteiger partial charge in [0.15, 0.2) is 0 Å². The Morgan fingerprint density at radius 2 is 1.15 bits per heavy atom. The van der Waals surface area contributed by atoms with Gasteiger partial charge < -0.3 is 20.6 Å². The molecule has 0 bridgehead atoms. The molecule has 1 radical (unpaired) electrons. The zero-order valence-corrected chi connectivity index (χ0v) is 31.8. The molecule has 2 aromatic heterocycles. The summed E-state index contributed by atoms with van der Waals surface area (Å²) in [6.07, 6.45) is 11.7. The van der Waals surface area contributed by atoms with Crippen molar-refractivity contribution < 1.29 is 28.3 Å². The van der Waals surface area contributed by atoms with E-state index in [0.717, 1.165) is 28.7 Å². The van der Waals surface area contributed by atoms with E-state index in [-0.39, 0.29) is 37.4 Å². The van der Waals surface area contributed by atoms with Crippen LogP contribution in [0.5, 0.6) is 0 Å². The number of hydrogen-bond acceptors (Lipinski definition) is 3. The predicted molar refractivity (Wildman–Crippen MR) is 220 cm³/mol. The molecule has 0 amide bonds. The third-order valence-corrected chi connectivity index (χ3v) is 8.15. The molecule has 1 unspecified atom stereocenters. The Labute approximate surface area is 342 Å². The molecule has 1 aliphatic heterocycles. The van der Waals surface area contributed by atoms with Gasteiger partial charge in [-0.15, -0.1) is 78.2 Å². The Kier molecular flexibility index (Phi) is 12.4. The zero-order chi connectivity index (χ0) is 41.5. The first kappa shape index (κ1) is 31.8. The minimum atomic E-state index is -2.20. The molecule has 54 heavy (non-hydrogen) atoms. The van der Waals surface area contributed by atoms with Crippen LogP contribution in [0.1, 0.15) is 24.9 Å². The predicted octanol–water partition coefficient (Wildman–Crippen LogP) is 11.8. The summed E-state index contributed by atoms with van der Waals surface area (Å²) in [6.45, 7) is -2.35. The SMILES string of the molecule is C1=C[N-]C(N[CH-]Cc2ccccc2)C=C1.[2H]C([2H])([2H])c1cnc(-c2[c-]cccc2)cc1-c1ccccc1.[2H]C([2H])([2H])c1cnc(-c2[c-]cccc2)cc1-c1ccccc1.[Ir]. The number of aromatic nitrogens is 2. The van der Waals surface area contributed by atoms with Gasteiger partial charge in [-0.05, 0) is 58.5 Å². The number of aryl methyl sites for hydroxylation is 2. The van der Waals surface area contributed by atoms with Gasteiger partial charge in [-0.1, -0.05) is 133 Å². The summed E-state index contributed by atoms with van der Waals surface area (Å²) in [5.41, 5.74) is 8.05. The molecule has 3 heterocycles. The van der Waals surface area contributed by atoms with Crippen molar-refractivity contribution in [3.8, 4) is 44.8 Å². The molecule has 1 N–H and O–H groups in total. The summed E-state index contributed by atoms with van der Waals surface area (Å²) >= 11 is 0. The average Bonchev–Trinajstić information content (AvgIpc) is 3.28. The van der Waals surface area contributed by atoms with Crippen LogP contribution in [-0.4, -0.2) is 16.1 Å². The molecular weight excluding hydrogens is 837 g/mol. The molecule has 0 fully saturated rings. The minimum Gasteiger partial charge on any atom is -0.675 e. The molecule has 271 valence electrons. The summed E-state index contributed by atoms with van der Waals surface area (Å²) in [5.74, 6) is 0. The van der Waals surface area contributed by atoms with Crippen LogP contribution in [0.3, 0.4) is 0 Å². The molecule has 1 atom stereocenters. The van der Waals surface area contributed by atoms with E-state index in [1.54, 1.807) is 0 Å². The molecule has 0 spiro atoms. The van der Waals surface area contributed by atoms with Crippen molar-refractivity contribution in [3.63, 3.8) is 0 Å². The normalized spacial score (nSPS) is 14.6. The standard InChI is InChI=1S/2C18H14N.C13H14N2.Ir/c2*1-14-13-19-18(16-10-6-3-7-11-16)12-17(14)15-8-4-2-5-9-15;1-2-6-12(7-3-1)9-11-15-13-8-4-5-10-14-13;/h2*2-10,12-13H,1H3;1-8,10-11,13,15H,9H2;/q2*-1;-2;/i2*1D3;;. The van der Waals surface area contributed by atoms with Gasteiger partial charge >= 0.3 is 0 Å². The third kappa shape index (κ3) is 11.6. The molecule has 4 nitrogen and oxygen atoms in total. The smallest absolute Gasteiger partial charge is 0.0280 e. The summed E-state index contributed by atoms with van der Waals surface area (Å²) < 4.78 is 46.3. The van der Waals surface area contributed by atoms with Crippen molar-refractivity contribution >= 4 is 0 Å². The quantitative estimate of drug-likeness (QED) is 0.155. The van der Waals surface area contributed by atoms with Gasteiger partial charge in [-0.3, -0.25) is 6.54 Å². The van der Waals surface area contributed by atoms with E-state index in [2.05, 4.69) is 57.0 Å². The number of hydrogen-bond donors (Lipinski definition) is 1. The first-order valence-corrected chi connectivity index (χ1v) is 17.3. The summed E-state index contributed by atoms with van der Waals surface area (Å²) in [7, 11) is 0. The van der Waals surface area contributed by atoms with Crippen LogP contribution in [0, 0.1) is 32.4 Å². The minimum absolute atomic E-state index is 0. The second-order valence-electron chi connectivity index (χ2n) is 11.9. The van der Waals surface area contributed by atoms with Crippen molar-refractivity contribution in [2.75, 3.05) is 0 Å². The molecule has 1 aliphatic rings. The van der Waals surface area contributed by atoms with Gasteiger partial charge in [0.1, 0.15) is 0 Å². The van der Waals surface area contributed by atoms with Gasteiger partial charge in [-0.2, -0.15) is 6.20 Å². The van der Waals surface area contributed by atoms with E-state index < -0.39 is 13.7 Å². The monoisotopic (exact) mass is 885 g/mol. The zero-order valence-electron chi connectivity index (χ0n) is 35.4. The Hall–Kier alpha value is -5.71. The fraction of sp³-hybridized carbons (Fsp3) is 0.0816. The number of nitrogens with zero attached hydrogens (tertiary/aromatic N) is 3. The Bertz CT molecular complexity index is 2270. The number of nitrogens with one attached hydrogen (secondary N) is 1. The topological polar surface area (TPSA) is 51.9 Å². The molecule has 5 heteroatoms. The second-order valence-corrected chi connectivity index (χ2v) is 11.9. The van der Waals surface area contributed by atoms with E-state index >= 15 is 0 Å². The molecule has 8 rings (SSSR count). The molecular formula is C49H42IrN4-4. The molecule has 0 saturated carbocycles. The molecule has 0 aliphatic carbocycles. The van der Waals surface area contributed by atoms with Crippen LogP contribution in [0.25, 0.3) is 50.1 Å². The van der Waals surface area contributed by atoms with Crippen LogP contribution < -0.4 is 5.32 Å².